The van der Waals surface area contributed by atoms with E-state index in [9.17, 15) is 4.79 Å². The summed E-state index contributed by atoms with van der Waals surface area (Å²) < 4.78 is 4.58. The molecule has 0 saturated carbocycles. The standard InChI is InChI=1S/C14H16N4O2/c1-18(8-5-11-3-6-15-7-4-11)13-10-16-12(9-17-13)14(19)20-2/h3-4,6-7,9-10H,5,8H2,1-2H3. The molecule has 0 radical (unpaired) electrons. The minimum Gasteiger partial charge on any atom is -0.464 e. The molecule has 20 heavy (non-hydrogen) atoms. The summed E-state index contributed by atoms with van der Waals surface area (Å²) in [5.74, 6) is 0.232. The van der Waals surface area contributed by atoms with Crippen molar-refractivity contribution in [3.8, 4) is 0 Å². The van der Waals surface area contributed by atoms with Gasteiger partial charge < -0.3 is 9.64 Å². The van der Waals surface area contributed by atoms with Gasteiger partial charge in [-0.15, -0.1) is 0 Å². The van der Waals surface area contributed by atoms with Gasteiger partial charge in [-0.3, -0.25) is 4.98 Å². The van der Waals surface area contributed by atoms with Crippen LogP contribution >= 0.6 is 0 Å². The molecule has 2 aromatic heterocycles. The van der Waals surface area contributed by atoms with Gasteiger partial charge in [0.25, 0.3) is 0 Å². The summed E-state index contributed by atoms with van der Waals surface area (Å²) in [7, 11) is 3.25. The van der Waals surface area contributed by atoms with Crippen molar-refractivity contribution in [2.24, 2.45) is 0 Å². The van der Waals surface area contributed by atoms with Crippen molar-refractivity contribution in [2.45, 2.75) is 6.42 Å². The lowest BCUT2D eigenvalue weighted by molar-refractivity contribution is 0.0593. The predicted molar refractivity (Wildman–Crippen MR) is 74.6 cm³/mol. The third-order valence-corrected chi connectivity index (χ3v) is 2.91. The fraction of sp³-hybridized carbons (Fsp3) is 0.286. The molecule has 0 atom stereocenters. The van der Waals surface area contributed by atoms with Crippen LogP contribution in [0.1, 0.15) is 16.1 Å². The molecule has 0 saturated heterocycles. The number of aromatic nitrogens is 3. The summed E-state index contributed by atoms with van der Waals surface area (Å²) in [4.78, 5) is 25.5. The van der Waals surface area contributed by atoms with E-state index in [0.29, 0.717) is 5.82 Å². The maximum absolute atomic E-state index is 11.3. The fourth-order valence-corrected chi connectivity index (χ4v) is 1.69. The highest BCUT2D eigenvalue weighted by atomic mass is 16.5. The molecule has 6 heteroatoms. The van der Waals surface area contributed by atoms with Gasteiger partial charge in [0.1, 0.15) is 5.82 Å². The van der Waals surface area contributed by atoms with Gasteiger partial charge in [-0.2, -0.15) is 0 Å². The Bertz CT molecular complexity index is 557. The SMILES string of the molecule is COC(=O)c1cnc(N(C)CCc2ccncc2)cn1. The summed E-state index contributed by atoms with van der Waals surface area (Å²) in [6.45, 7) is 0.802. The van der Waals surface area contributed by atoms with Gasteiger partial charge >= 0.3 is 5.97 Å². The maximum Gasteiger partial charge on any atom is 0.358 e. The van der Waals surface area contributed by atoms with Crippen molar-refractivity contribution in [1.82, 2.24) is 15.0 Å². The smallest absolute Gasteiger partial charge is 0.358 e. The molecule has 0 fully saturated rings. The molecule has 0 aromatic carbocycles. The van der Waals surface area contributed by atoms with E-state index in [-0.39, 0.29) is 5.69 Å². The van der Waals surface area contributed by atoms with Crippen molar-refractivity contribution >= 4 is 11.8 Å². The molecule has 0 aliphatic rings. The van der Waals surface area contributed by atoms with Crippen molar-refractivity contribution in [3.63, 3.8) is 0 Å². The van der Waals surface area contributed by atoms with Gasteiger partial charge in [0.05, 0.1) is 19.5 Å². The lowest BCUT2D eigenvalue weighted by Gasteiger charge is -2.17. The first kappa shape index (κ1) is 13.9. The van der Waals surface area contributed by atoms with Gasteiger partial charge in [0.2, 0.25) is 0 Å². The number of carbonyl (C=O) groups is 1. The average Bonchev–Trinajstić information content (AvgIpc) is 2.53. The third kappa shape index (κ3) is 3.50. The van der Waals surface area contributed by atoms with Gasteiger partial charge in [-0.25, -0.2) is 14.8 Å². The number of methoxy groups -OCH3 is 1. The molecular weight excluding hydrogens is 256 g/mol. The zero-order chi connectivity index (χ0) is 14.4. The molecule has 0 aliphatic carbocycles. The van der Waals surface area contributed by atoms with E-state index in [1.165, 1.54) is 18.9 Å². The first-order chi connectivity index (χ1) is 9.70. The molecule has 2 rings (SSSR count). The van der Waals surface area contributed by atoms with E-state index in [1.807, 2.05) is 24.1 Å². The Labute approximate surface area is 117 Å². The zero-order valence-corrected chi connectivity index (χ0v) is 11.5. The number of likely N-dealkylation sites (N-methyl/N-ethyl adjacent to an activating group) is 1. The van der Waals surface area contributed by atoms with E-state index >= 15 is 0 Å². The van der Waals surface area contributed by atoms with Crippen LogP contribution in [0, 0.1) is 0 Å². The quantitative estimate of drug-likeness (QED) is 0.765. The van der Waals surface area contributed by atoms with Crippen molar-refractivity contribution in [1.29, 1.82) is 0 Å². The normalized spacial score (nSPS) is 10.1. The van der Waals surface area contributed by atoms with Crippen LogP contribution in [0.3, 0.4) is 0 Å². The second kappa shape index (κ2) is 6.60. The van der Waals surface area contributed by atoms with E-state index in [0.717, 1.165) is 13.0 Å². The summed E-state index contributed by atoms with van der Waals surface area (Å²) in [6, 6.07) is 3.97. The fourth-order valence-electron chi connectivity index (χ4n) is 1.69. The Morgan fingerprint density at radius 2 is 2.00 bits per heavy atom. The highest BCUT2D eigenvalue weighted by Crippen LogP contribution is 2.08. The molecule has 0 N–H and O–H groups in total. The molecular formula is C14H16N4O2. The maximum atomic E-state index is 11.3. The van der Waals surface area contributed by atoms with Crippen LogP contribution in [-0.2, 0) is 11.2 Å². The lowest BCUT2D eigenvalue weighted by Crippen LogP contribution is -2.22. The predicted octanol–water partition coefficient (Wildman–Crippen LogP) is 1.34. The molecule has 0 aliphatic heterocycles. The lowest BCUT2D eigenvalue weighted by atomic mass is 10.2. The van der Waals surface area contributed by atoms with Crippen LogP contribution in [0.5, 0.6) is 0 Å². The number of nitrogens with zero attached hydrogens (tertiary/aromatic N) is 4. The van der Waals surface area contributed by atoms with Crippen molar-refractivity contribution in [2.75, 3.05) is 25.6 Å². The Morgan fingerprint density at radius 3 is 2.60 bits per heavy atom. The van der Waals surface area contributed by atoms with Crippen LogP contribution in [0.2, 0.25) is 0 Å². The van der Waals surface area contributed by atoms with Crippen LogP contribution in [-0.4, -0.2) is 41.6 Å². The van der Waals surface area contributed by atoms with E-state index < -0.39 is 5.97 Å². The Kier molecular flexibility index (Phi) is 4.60. The minimum absolute atomic E-state index is 0.207. The van der Waals surface area contributed by atoms with Crippen LogP contribution in [0.15, 0.2) is 36.9 Å². The molecule has 6 nitrogen and oxygen atoms in total. The first-order valence-electron chi connectivity index (χ1n) is 6.21. The van der Waals surface area contributed by atoms with Crippen LogP contribution in [0.4, 0.5) is 5.82 Å². The van der Waals surface area contributed by atoms with Gasteiger partial charge in [-0.05, 0) is 24.1 Å². The summed E-state index contributed by atoms with van der Waals surface area (Å²) in [5.41, 5.74) is 1.42. The van der Waals surface area contributed by atoms with E-state index in [4.69, 9.17) is 0 Å². The monoisotopic (exact) mass is 272 g/mol. The first-order valence-corrected chi connectivity index (χ1v) is 6.21. The highest BCUT2D eigenvalue weighted by Gasteiger charge is 2.09. The number of rotatable bonds is 5. The second-order valence-electron chi connectivity index (χ2n) is 4.28. The molecule has 104 valence electrons. The van der Waals surface area contributed by atoms with Crippen LogP contribution in [0.25, 0.3) is 0 Å². The Hall–Kier alpha value is -2.50. The molecule has 0 unspecified atom stereocenters. The molecule has 0 spiro atoms. The number of anilines is 1. The largest absolute Gasteiger partial charge is 0.464 e. The molecule has 2 aromatic rings. The van der Waals surface area contributed by atoms with Crippen molar-refractivity contribution < 1.29 is 9.53 Å². The number of carbonyl (C=O) groups excluding carboxylic acids is 1. The number of hydrogen-bond donors (Lipinski definition) is 0. The number of pyridine rings is 1. The number of hydrogen-bond acceptors (Lipinski definition) is 6. The minimum atomic E-state index is -0.483. The summed E-state index contributed by atoms with van der Waals surface area (Å²) >= 11 is 0. The van der Waals surface area contributed by atoms with Gasteiger partial charge in [-0.1, -0.05) is 0 Å². The van der Waals surface area contributed by atoms with Gasteiger partial charge in [0, 0.05) is 26.0 Å². The van der Waals surface area contributed by atoms with Crippen LogP contribution < -0.4 is 4.90 Å². The van der Waals surface area contributed by atoms with E-state index in [1.54, 1.807) is 18.6 Å². The second-order valence-corrected chi connectivity index (χ2v) is 4.28. The molecule has 2 heterocycles. The third-order valence-electron chi connectivity index (χ3n) is 2.91. The average molecular weight is 272 g/mol. The highest BCUT2D eigenvalue weighted by molar-refractivity contribution is 5.86. The number of ether oxygens (including phenoxy) is 1. The van der Waals surface area contributed by atoms with Crippen molar-refractivity contribution in [3.05, 3.63) is 48.2 Å². The topological polar surface area (TPSA) is 68.2 Å². The molecule has 0 amide bonds. The van der Waals surface area contributed by atoms with E-state index in [2.05, 4.69) is 19.7 Å². The Morgan fingerprint density at radius 1 is 1.25 bits per heavy atom. The summed E-state index contributed by atoms with van der Waals surface area (Å²) in [6.07, 6.45) is 7.43. The number of esters is 1. The zero-order valence-electron chi connectivity index (χ0n) is 11.5. The Balaban J connectivity index is 1.95. The van der Waals surface area contributed by atoms with Gasteiger partial charge in [0.15, 0.2) is 5.69 Å². The molecule has 0 bridgehead atoms. The summed E-state index contributed by atoms with van der Waals surface area (Å²) in [5, 5.41) is 0.